The Morgan fingerprint density at radius 1 is 1.33 bits per heavy atom. The Hall–Kier alpha value is -2.51. The van der Waals surface area contributed by atoms with Gasteiger partial charge in [0.15, 0.2) is 5.65 Å². The number of hydrogen-bond donors (Lipinski definition) is 1. The first kappa shape index (κ1) is 12.0. The molecule has 0 saturated carbocycles. The number of carbonyl (C=O) groups excluding carboxylic acids is 2. The van der Waals surface area contributed by atoms with E-state index >= 15 is 0 Å². The van der Waals surface area contributed by atoms with Crippen LogP contribution in [0.5, 0.6) is 0 Å². The fourth-order valence-electron chi connectivity index (χ4n) is 1.62. The molecular weight excluding hydrogens is 238 g/mol. The third-order valence-corrected chi connectivity index (χ3v) is 2.24. The number of hydrogen-bond acceptors (Lipinski definition) is 5. The molecular formula is C10H11N5O3. The second-order valence-electron chi connectivity index (χ2n) is 3.81. The molecule has 0 bridgehead atoms. The molecule has 1 amide bonds. The number of amides is 1. The van der Waals surface area contributed by atoms with Gasteiger partial charge in [-0.05, 0) is 6.92 Å². The van der Waals surface area contributed by atoms with Gasteiger partial charge in [-0.15, -0.1) is 0 Å². The Morgan fingerprint density at radius 3 is 2.56 bits per heavy atom. The molecule has 0 aliphatic rings. The summed E-state index contributed by atoms with van der Waals surface area (Å²) < 4.78 is 2.14. The number of carbonyl (C=O) groups is 2. The van der Waals surface area contributed by atoms with Crippen LogP contribution in [-0.2, 0) is 4.79 Å². The maximum absolute atomic E-state index is 11.7. The van der Waals surface area contributed by atoms with Crippen molar-refractivity contribution in [2.45, 2.75) is 20.8 Å². The molecule has 8 heteroatoms. The van der Waals surface area contributed by atoms with Crippen molar-refractivity contribution in [3.8, 4) is 0 Å². The molecule has 0 spiro atoms. The van der Waals surface area contributed by atoms with E-state index in [0.717, 1.165) is 4.57 Å². The van der Waals surface area contributed by atoms with Gasteiger partial charge in [0, 0.05) is 19.9 Å². The number of fused-ring (bicyclic) bond motifs is 1. The lowest BCUT2D eigenvalue weighted by Crippen LogP contribution is -2.31. The van der Waals surface area contributed by atoms with Crippen LogP contribution in [0.2, 0.25) is 0 Å². The molecule has 0 aliphatic carbocycles. The number of anilines is 1. The molecule has 0 unspecified atom stereocenters. The van der Waals surface area contributed by atoms with E-state index in [0.29, 0.717) is 5.69 Å². The Balaban J connectivity index is 2.84. The minimum atomic E-state index is -0.751. The summed E-state index contributed by atoms with van der Waals surface area (Å²) in [6.07, 6.45) is 0. The molecule has 18 heavy (non-hydrogen) atoms. The molecule has 94 valence electrons. The molecule has 2 heterocycles. The number of aryl methyl sites for hydroxylation is 1. The standard InChI is InChI=1S/C10H11N5O3/c1-5-4-8-14(7(3)17)10(18)12-9(11-6(2)16)15(8)13-5/h4H,1-3H3,(H,11,12,16,18). The number of rotatable bonds is 1. The second kappa shape index (κ2) is 4.06. The van der Waals surface area contributed by atoms with Crippen molar-refractivity contribution in [3.05, 3.63) is 22.2 Å². The van der Waals surface area contributed by atoms with Crippen LogP contribution in [0.4, 0.5) is 5.95 Å². The van der Waals surface area contributed by atoms with Crippen LogP contribution in [0.3, 0.4) is 0 Å². The molecule has 0 radical (unpaired) electrons. The maximum atomic E-state index is 11.7. The normalized spacial score (nSPS) is 10.6. The van der Waals surface area contributed by atoms with Crippen LogP contribution in [0.15, 0.2) is 10.9 Å². The molecule has 2 aromatic rings. The van der Waals surface area contributed by atoms with E-state index in [4.69, 9.17) is 0 Å². The predicted octanol–water partition coefficient (Wildman–Crippen LogP) is -0.182. The quantitative estimate of drug-likeness (QED) is 0.755. The van der Waals surface area contributed by atoms with E-state index in [2.05, 4.69) is 15.4 Å². The largest absolute Gasteiger partial charge is 0.359 e. The number of nitrogens with one attached hydrogen (secondary N) is 1. The van der Waals surface area contributed by atoms with Crippen LogP contribution in [0.1, 0.15) is 24.3 Å². The minimum Gasteiger partial charge on any atom is -0.295 e. The van der Waals surface area contributed by atoms with Crippen molar-refractivity contribution in [2.75, 3.05) is 5.32 Å². The summed E-state index contributed by atoms with van der Waals surface area (Å²) >= 11 is 0. The van der Waals surface area contributed by atoms with E-state index in [9.17, 15) is 14.4 Å². The van der Waals surface area contributed by atoms with E-state index < -0.39 is 11.6 Å². The summed E-state index contributed by atoms with van der Waals surface area (Å²) in [5.41, 5.74) is 0.117. The zero-order valence-corrected chi connectivity index (χ0v) is 10.1. The van der Waals surface area contributed by atoms with Gasteiger partial charge in [-0.25, -0.2) is 9.36 Å². The van der Waals surface area contributed by atoms with Gasteiger partial charge in [-0.3, -0.25) is 14.9 Å². The van der Waals surface area contributed by atoms with Crippen molar-refractivity contribution in [2.24, 2.45) is 0 Å². The number of aromatic nitrogens is 4. The Bertz CT molecular complexity index is 712. The van der Waals surface area contributed by atoms with E-state index in [1.807, 2.05) is 0 Å². The van der Waals surface area contributed by atoms with Crippen molar-refractivity contribution in [3.63, 3.8) is 0 Å². The van der Waals surface area contributed by atoms with Crippen molar-refractivity contribution in [1.82, 2.24) is 19.2 Å². The first-order valence-corrected chi connectivity index (χ1v) is 5.18. The highest BCUT2D eigenvalue weighted by Crippen LogP contribution is 2.09. The fraction of sp³-hybridized carbons (Fsp3) is 0.300. The lowest BCUT2D eigenvalue weighted by Gasteiger charge is -2.07. The van der Waals surface area contributed by atoms with Crippen LogP contribution < -0.4 is 11.0 Å². The summed E-state index contributed by atoms with van der Waals surface area (Å²) in [6.45, 7) is 4.25. The van der Waals surface area contributed by atoms with Crippen LogP contribution in [0.25, 0.3) is 5.65 Å². The minimum absolute atomic E-state index is 0.00639. The third-order valence-electron chi connectivity index (χ3n) is 2.24. The fourth-order valence-corrected chi connectivity index (χ4v) is 1.62. The molecule has 0 atom stereocenters. The lowest BCUT2D eigenvalue weighted by atomic mass is 10.5. The first-order chi connectivity index (χ1) is 8.40. The average Bonchev–Trinajstić information content (AvgIpc) is 2.57. The van der Waals surface area contributed by atoms with Crippen LogP contribution >= 0.6 is 0 Å². The third kappa shape index (κ3) is 1.88. The molecule has 8 nitrogen and oxygen atoms in total. The van der Waals surface area contributed by atoms with Gasteiger partial charge in [-0.2, -0.15) is 14.6 Å². The van der Waals surface area contributed by atoms with Gasteiger partial charge in [-0.1, -0.05) is 0 Å². The van der Waals surface area contributed by atoms with Gasteiger partial charge in [0.05, 0.1) is 5.69 Å². The monoisotopic (exact) mass is 249 g/mol. The Morgan fingerprint density at radius 2 is 2.00 bits per heavy atom. The Labute approximate surface area is 101 Å². The van der Waals surface area contributed by atoms with E-state index in [1.54, 1.807) is 13.0 Å². The summed E-state index contributed by atoms with van der Waals surface area (Å²) in [7, 11) is 0. The zero-order chi connectivity index (χ0) is 13.4. The smallest absolute Gasteiger partial charge is 0.295 e. The summed E-state index contributed by atoms with van der Waals surface area (Å²) in [4.78, 5) is 37.8. The molecule has 1 N–H and O–H groups in total. The molecule has 0 fully saturated rings. The second-order valence-corrected chi connectivity index (χ2v) is 3.81. The highest BCUT2D eigenvalue weighted by Gasteiger charge is 2.15. The summed E-state index contributed by atoms with van der Waals surface area (Å²) in [5.74, 6) is -0.850. The highest BCUT2D eigenvalue weighted by molar-refractivity contribution is 5.87. The van der Waals surface area contributed by atoms with Gasteiger partial charge in [0.25, 0.3) is 0 Å². The van der Waals surface area contributed by atoms with Gasteiger partial charge in [0.2, 0.25) is 17.8 Å². The molecule has 2 aromatic heterocycles. The predicted molar refractivity (Wildman–Crippen MR) is 62.6 cm³/mol. The van der Waals surface area contributed by atoms with E-state index in [1.165, 1.54) is 18.4 Å². The van der Waals surface area contributed by atoms with E-state index in [-0.39, 0.29) is 17.5 Å². The summed E-state index contributed by atoms with van der Waals surface area (Å²) in [5, 5.41) is 6.47. The van der Waals surface area contributed by atoms with Crippen molar-refractivity contribution in [1.29, 1.82) is 0 Å². The molecule has 0 saturated heterocycles. The SMILES string of the molecule is CC(=O)Nc1nc(=O)n(C(C)=O)c2cc(C)nn12. The van der Waals surface area contributed by atoms with Crippen LogP contribution in [-0.4, -0.2) is 31.0 Å². The van der Waals surface area contributed by atoms with Crippen molar-refractivity contribution >= 4 is 23.4 Å². The number of nitrogens with zero attached hydrogens (tertiary/aromatic N) is 4. The maximum Gasteiger partial charge on any atom is 0.359 e. The first-order valence-electron chi connectivity index (χ1n) is 5.18. The van der Waals surface area contributed by atoms with Crippen LogP contribution in [0, 0.1) is 6.92 Å². The average molecular weight is 249 g/mol. The van der Waals surface area contributed by atoms with Crippen molar-refractivity contribution < 1.29 is 9.59 Å². The topological polar surface area (TPSA) is 98.4 Å². The Kier molecular flexibility index (Phi) is 2.70. The summed E-state index contributed by atoms with van der Waals surface area (Å²) in [6, 6.07) is 1.57. The molecule has 0 aromatic carbocycles. The molecule has 2 rings (SSSR count). The van der Waals surface area contributed by atoms with Gasteiger partial charge < -0.3 is 0 Å². The van der Waals surface area contributed by atoms with Gasteiger partial charge in [0.1, 0.15) is 0 Å². The van der Waals surface area contributed by atoms with Gasteiger partial charge >= 0.3 is 5.69 Å². The molecule has 0 aliphatic heterocycles. The highest BCUT2D eigenvalue weighted by atomic mass is 16.2. The zero-order valence-electron chi connectivity index (χ0n) is 10.1. The lowest BCUT2D eigenvalue weighted by molar-refractivity contribution is -0.114.